The van der Waals surface area contributed by atoms with E-state index in [4.69, 9.17) is 9.47 Å². The van der Waals surface area contributed by atoms with E-state index in [9.17, 15) is 19.5 Å². The van der Waals surface area contributed by atoms with Crippen molar-refractivity contribution in [2.75, 3.05) is 26.3 Å². The lowest BCUT2D eigenvalue weighted by Crippen LogP contribution is -2.60. The predicted octanol–water partition coefficient (Wildman–Crippen LogP) is 1.68. The van der Waals surface area contributed by atoms with E-state index in [2.05, 4.69) is 13.2 Å². The van der Waals surface area contributed by atoms with E-state index in [1.807, 2.05) is 20.8 Å². The predicted molar refractivity (Wildman–Crippen MR) is 118 cm³/mol. The van der Waals surface area contributed by atoms with Crippen molar-refractivity contribution in [2.24, 2.45) is 11.8 Å². The average Bonchev–Trinajstić information content (AvgIpc) is 3.36. The third-order valence-corrected chi connectivity index (χ3v) is 6.82. The summed E-state index contributed by atoms with van der Waals surface area (Å²) >= 11 is 0. The Morgan fingerprint density at radius 3 is 2.66 bits per heavy atom. The molecule has 1 N–H and O–H groups in total. The SMILES string of the molecule is C=CCCOC(=O)[C@@H]1[C@H]2C(=O)N(CCCO)C(C(=O)N(CC=C)C(C)(C)C)C23CC[C@H]1O3. The summed E-state index contributed by atoms with van der Waals surface area (Å²) in [6.07, 6.45) is 4.89. The maximum atomic E-state index is 13.9. The fraction of sp³-hybridized carbons (Fsp3) is 0.708. The number of esters is 1. The van der Waals surface area contributed by atoms with Crippen molar-refractivity contribution in [3.63, 3.8) is 0 Å². The molecular formula is C24H36N2O6. The molecule has 3 heterocycles. The zero-order valence-corrected chi connectivity index (χ0v) is 19.4. The van der Waals surface area contributed by atoms with Crippen LogP contribution in [0.1, 0.15) is 46.5 Å². The van der Waals surface area contributed by atoms with E-state index in [0.29, 0.717) is 32.2 Å². The number of fused-ring (bicyclic) bond motifs is 1. The van der Waals surface area contributed by atoms with Gasteiger partial charge in [0.15, 0.2) is 0 Å². The standard InChI is InChI=1S/C24H36N2O6/c1-6-8-15-31-22(30)17-16-10-11-24(32-16)18(17)20(28)25(13-9-14-27)19(24)21(29)26(12-7-2)23(3,4)5/h6-7,16-19,27H,1-2,8-15H2,3-5H3/t16-,17+,18+,19?,24?/m1/s1. The van der Waals surface area contributed by atoms with Crippen molar-refractivity contribution < 1.29 is 29.0 Å². The van der Waals surface area contributed by atoms with Crippen molar-refractivity contribution in [3.8, 4) is 0 Å². The Bertz CT molecular complexity index is 775. The van der Waals surface area contributed by atoms with Crippen molar-refractivity contribution in [3.05, 3.63) is 25.3 Å². The van der Waals surface area contributed by atoms with Crippen LogP contribution in [0, 0.1) is 11.8 Å². The summed E-state index contributed by atoms with van der Waals surface area (Å²) in [4.78, 5) is 43.7. The van der Waals surface area contributed by atoms with Crippen LogP contribution in [0.4, 0.5) is 0 Å². The van der Waals surface area contributed by atoms with E-state index in [1.165, 1.54) is 4.90 Å². The van der Waals surface area contributed by atoms with Gasteiger partial charge in [0.2, 0.25) is 11.8 Å². The Morgan fingerprint density at radius 1 is 1.34 bits per heavy atom. The van der Waals surface area contributed by atoms with E-state index in [1.54, 1.807) is 17.1 Å². The van der Waals surface area contributed by atoms with Crippen LogP contribution in [0.3, 0.4) is 0 Å². The van der Waals surface area contributed by atoms with Gasteiger partial charge < -0.3 is 24.4 Å². The van der Waals surface area contributed by atoms with Gasteiger partial charge in [-0.05, 0) is 46.5 Å². The van der Waals surface area contributed by atoms with E-state index < -0.39 is 41.1 Å². The molecule has 0 aromatic heterocycles. The molecule has 3 rings (SSSR count). The van der Waals surface area contributed by atoms with E-state index in [-0.39, 0.29) is 31.6 Å². The summed E-state index contributed by atoms with van der Waals surface area (Å²) < 4.78 is 11.8. The minimum atomic E-state index is -1.05. The van der Waals surface area contributed by atoms with Gasteiger partial charge in [0.05, 0.1) is 24.5 Å². The molecule has 32 heavy (non-hydrogen) atoms. The third-order valence-electron chi connectivity index (χ3n) is 6.82. The lowest BCUT2D eigenvalue weighted by Gasteiger charge is -2.42. The largest absolute Gasteiger partial charge is 0.465 e. The fourth-order valence-electron chi connectivity index (χ4n) is 5.49. The number of rotatable bonds is 10. The molecule has 0 aromatic carbocycles. The first-order valence-electron chi connectivity index (χ1n) is 11.4. The van der Waals surface area contributed by atoms with Crippen molar-refractivity contribution >= 4 is 17.8 Å². The Hall–Kier alpha value is -2.19. The molecule has 0 saturated carbocycles. The molecule has 8 nitrogen and oxygen atoms in total. The number of aliphatic hydroxyl groups is 1. The molecule has 2 unspecified atom stereocenters. The molecule has 1 spiro atoms. The van der Waals surface area contributed by atoms with Crippen LogP contribution >= 0.6 is 0 Å². The number of likely N-dealkylation sites (tertiary alicyclic amines) is 1. The van der Waals surface area contributed by atoms with Crippen LogP contribution in [0.15, 0.2) is 25.3 Å². The molecule has 0 aromatic rings. The van der Waals surface area contributed by atoms with Crippen molar-refractivity contribution in [1.29, 1.82) is 0 Å². The quantitative estimate of drug-likeness (QED) is 0.310. The van der Waals surface area contributed by atoms with Crippen LogP contribution in [0.2, 0.25) is 0 Å². The summed E-state index contributed by atoms with van der Waals surface area (Å²) in [5, 5.41) is 9.39. The number of nitrogens with zero attached hydrogens (tertiary/aromatic N) is 2. The highest BCUT2D eigenvalue weighted by Crippen LogP contribution is 2.59. The summed E-state index contributed by atoms with van der Waals surface area (Å²) in [6.45, 7) is 13.9. The number of aliphatic hydroxyl groups excluding tert-OH is 1. The van der Waals surface area contributed by atoms with Gasteiger partial charge in [-0.15, -0.1) is 13.2 Å². The molecule has 2 bridgehead atoms. The molecule has 5 atom stereocenters. The van der Waals surface area contributed by atoms with Crippen LogP contribution in [-0.4, -0.2) is 82.3 Å². The van der Waals surface area contributed by atoms with E-state index >= 15 is 0 Å². The van der Waals surface area contributed by atoms with Gasteiger partial charge in [-0.3, -0.25) is 14.4 Å². The molecule has 0 radical (unpaired) electrons. The topological polar surface area (TPSA) is 96.4 Å². The first kappa shape index (κ1) is 24.5. The van der Waals surface area contributed by atoms with Crippen LogP contribution in [0.25, 0.3) is 0 Å². The number of amides is 2. The number of carbonyl (C=O) groups is 3. The highest BCUT2D eigenvalue weighted by molar-refractivity contribution is 5.98. The molecule has 3 fully saturated rings. The summed E-state index contributed by atoms with van der Waals surface area (Å²) in [5.41, 5.74) is -1.55. The van der Waals surface area contributed by atoms with Crippen molar-refractivity contribution in [1.82, 2.24) is 9.80 Å². The van der Waals surface area contributed by atoms with Gasteiger partial charge in [-0.2, -0.15) is 0 Å². The summed E-state index contributed by atoms with van der Waals surface area (Å²) in [7, 11) is 0. The lowest BCUT2D eigenvalue weighted by molar-refractivity contribution is -0.155. The third kappa shape index (κ3) is 3.99. The Balaban J connectivity index is 1.98. The number of hydrogen-bond donors (Lipinski definition) is 1. The Kier molecular flexibility index (Phi) is 7.15. The Morgan fingerprint density at radius 2 is 2.06 bits per heavy atom. The molecule has 3 aliphatic rings. The molecule has 0 aliphatic carbocycles. The second-order valence-corrected chi connectivity index (χ2v) is 9.82. The van der Waals surface area contributed by atoms with Crippen molar-refractivity contribution in [2.45, 2.75) is 69.7 Å². The van der Waals surface area contributed by atoms with Crippen LogP contribution < -0.4 is 0 Å². The van der Waals surface area contributed by atoms with Gasteiger partial charge in [0, 0.05) is 25.2 Å². The molecule has 3 aliphatic heterocycles. The molecule has 3 saturated heterocycles. The Labute approximate surface area is 190 Å². The fourth-order valence-corrected chi connectivity index (χ4v) is 5.49. The lowest BCUT2D eigenvalue weighted by atomic mass is 9.70. The maximum Gasteiger partial charge on any atom is 0.312 e. The van der Waals surface area contributed by atoms with Gasteiger partial charge in [-0.1, -0.05) is 12.2 Å². The van der Waals surface area contributed by atoms with Crippen LogP contribution in [0.5, 0.6) is 0 Å². The minimum absolute atomic E-state index is 0.103. The first-order valence-corrected chi connectivity index (χ1v) is 11.4. The number of carbonyl (C=O) groups excluding carboxylic acids is 3. The minimum Gasteiger partial charge on any atom is -0.465 e. The zero-order chi connectivity index (χ0) is 23.7. The van der Waals surface area contributed by atoms with Gasteiger partial charge in [0.25, 0.3) is 0 Å². The molecule has 8 heteroatoms. The zero-order valence-electron chi connectivity index (χ0n) is 19.4. The second kappa shape index (κ2) is 9.35. The summed E-state index contributed by atoms with van der Waals surface area (Å²) in [5.74, 6) is -2.41. The number of ether oxygens (including phenoxy) is 2. The van der Waals surface area contributed by atoms with Crippen LogP contribution in [-0.2, 0) is 23.9 Å². The van der Waals surface area contributed by atoms with E-state index in [0.717, 1.165) is 0 Å². The average molecular weight is 449 g/mol. The highest BCUT2D eigenvalue weighted by Gasteiger charge is 2.75. The maximum absolute atomic E-state index is 13.9. The summed E-state index contributed by atoms with van der Waals surface area (Å²) in [6, 6.07) is -0.846. The molecule has 178 valence electrons. The van der Waals surface area contributed by atoms with Gasteiger partial charge >= 0.3 is 5.97 Å². The monoisotopic (exact) mass is 448 g/mol. The number of hydrogen-bond acceptors (Lipinski definition) is 6. The highest BCUT2D eigenvalue weighted by atomic mass is 16.6. The smallest absolute Gasteiger partial charge is 0.312 e. The molecule has 2 amide bonds. The molecular weight excluding hydrogens is 412 g/mol. The normalized spacial score (nSPS) is 30.9. The second-order valence-electron chi connectivity index (χ2n) is 9.82. The van der Waals surface area contributed by atoms with Gasteiger partial charge in [-0.25, -0.2) is 0 Å². The first-order chi connectivity index (χ1) is 15.1. The van der Waals surface area contributed by atoms with Gasteiger partial charge in [0.1, 0.15) is 11.6 Å².